The second kappa shape index (κ2) is 5.40. The first-order valence-corrected chi connectivity index (χ1v) is 6.86. The van der Waals surface area contributed by atoms with Crippen LogP contribution in [0.1, 0.15) is 53.6 Å². The third-order valence-electron chi connectivity index (χ3n) is 3.90. The second-order valence-corrected chi connectivity index (χ2v) is 5.76. The van der Waals surface area contributed by atoms with E-state index in [0.29, 0.717) is 12.0 Å². The first-order valence-electron chi connectivity index (χ1n) is 6.86. The predicted molar refractivity (Wildman–Crippen MR) is 71.8 cm³/mol. The van der Waals surface area contributed by atoms with Crippen LogP contribution in [0.5, 0.6) is 0 Å². The van der Waals surface area contributed by atoms with Crippen molar-refractivity contribution in [3.05, 3.63) is 34.9 Å². The number of Topliss-reactive ketones (excluding diaryl/α,β-unsaturated/α-hetero) is 1. The van der Waals surface area contributed by atoms with Crippen molar-refractivity contribution >= 4 is 5.78 Å². The van der Waals surface area contributed by atoms with E-state index in [1.165, 1.54) is 0 Å². The highest BCUT2D eigenvalue weighted by atomic mass is 19.3. The van der Waals surface area contributed by atoms with E-state index in [1.54, 1.807) is 0 Å². The van der Waals surface area contributed by atoms with Gasteiger partial charge < -0.3 is 0 Å². The molecular weight excluding hydrogens is 246 g/mol. The van der Waals surface area contributed by atoms with E-state index in [2.05, 4.69) is 0 Å². The van der Waals surface area contributed by atoms with Gasteiger partial charge in [0.15, 0.2) is 5.78 Å². The van der Waals surface area contributed by atoms with E-state index >= 15 is 0 Å². The maximum atomic E-state index is 13.3. The molecular formula is C16H20F2O. The molecule has 0 aliphatic heterocycles. The molecule has 0 radical (unpaired) electrons. The summed E-state index contributed by atoms with van der Waals surface area (Å²) in [6, 6.07) is 5.67. The normalized spacial score (nSPS) is 22.2. The molecule has 0 N–H and O–H groups in total. The van der Waals surface area contributed by atoms with Crippen LogP contribution in [0, 0.1) is 19.8 Å². The standard InChI is InChI=1S/C16H20F2O/c1-11-5-6-14(12(2)8-11)15(19)9-13-4-3-7-16(17,18)10-13/h5-6,8,13H,3-4,7,9-10H2,1-2H3. The van der Waals surface area contributed by atoms with Gasteiger partial charge in [0, 0.05) is 24.8 Å². The fraction of sp³-hybridized carbons (Fsp3) is 0.562. The molecule has 0 heterocycles. The Kier molecular flexibility index (Phi) is 4.02. The number of rotatable bonds is 3. The Labute approximate surface area is 113 Å². The molecule has 104 valence electrons. The molecule has 1 nitrogen and oxygen atoms in total. The minimum absolute atomic E-state index is 0.000185. The number of halogens is 2. The van der Waals surface area contributed by atoms with Gasteiger partial charge in [-0.15, -0.1) is 0 Å². The molecule has 0 spiro atoms. The van der Waals surface area contributed by atoms with Crippen LogP contribution in [0.25, 0.3) is 0 Å². The van der Waals surface area contributed by atoms with Crippen molar-refractivity contribution in [1.29, 1.82) is 0 Å². The summed E-state index contributed by atoms with van der Waals surface area (Å²) in [6.45, 7) is 3.87. The number of carbonyl (C=O) groups is 1. The fourth-order valence-corrected chi connectivity index (χ4v) is 2.95. The number of alkyl halides is 2. The minimum Gasteiger partial charge on any atom is -0.294 e. The highest BCUT2D eigenvalue weighted by Gasteiger charge is 2.36. The Bertz CT molecular complexity index is 480. The number of carbonyl (C=O) groups excluding carboxylic acids is 1. The van der Waals surface area contributed by atoms with Gasteiger partial charge in [-0.25, -0.2) is 8.78 Å². The van der Waals surface area contributed by atoms with E-state index in [0.717, 1.165) is 17.5 Å². The van der Waals surface area contributed by atoms with E-state index < -0.39 is 5.92 Å². The van der Waals surface area contributed by atoms with E-state index in [-0.39, 0.29) is 31.0 Å². The number of benzene rings is 1. The average molecular weight is 266 g/mol. The van der Waals surface area contributed by atoms with Crippen LogP contribution in [0.4, 0.5) is 8.78 Å². The Balaban J connectivity index is 2.04. The van der Waals surface area contributed by atoms with E-state index in [4.69, 9.17) is 0 Å². The van der Waals surface area contributed by atoms with Gasteiger partial charge in [0.1, 0.15) is 0 Å². The summed E-state index contributed by atoms with van der Waals surface area (Å²) in [7, 11) is 0. The number of aryl methyl sites for hydroxylation is 2. The van der Waals surface area contributed by atoms with Gasteiger partial charge in [-0.2, -0.15) is 0 Å². The van der Waals surface area contributed by atoms with Crippen LogP contribution >= 0.6 is 0 Å². The molecule has 1 aromatic rings. The summed E-state index contributed by atoms with van der Waals surface area (Å²) in [5.41, 5.74) is 2.73. The van der Waals surface area contributed by atoms with Crippen molar-refractivity contribution < 1.29 is 13.6 Å². The fourth-order valence-electron chi connectivity index (χ4n) is 2.95. The molecule has 19 heavy (non-hydrogen) atoms. The van der Waals surface area contributed by atoms with Crippen molar-refractivity contribution in [3.8, 4) is 0 Å². The Morgan fingerprint density at radius 1 is 1.37 bits per heavy atom. The monoisotopic (exact) mass is 266 g/mol. The number of hydrogen-bond acceptors (Lipinski definition) is 1. The van der Waals surface area contributed by atoms with Crippen molar-refractivity contribution in [3.63, 3.8) is 0 Å². The zero-order valence-electron chi connectivity index (χ0n) is 11.5. The van der Waals surface area contributed by atoms with Crippen LogP contribution in [-0.2, 0) is 0 Å². The van der Waals surface area contributed by atoms with Gasteiger partial charge in [-0.05, 0) is 38.2 Å². The largest absolute Gasteiger partial charge is 0.294 e. The quantitative estimate of drug-likeness (QED) is 0.725. The minimum atomic E-state index is -2.58. The molecule has 1 saturated carbocycles. The highest BCUT2D eigenvalue weighted by Crippen LogP contribution is 2.38. The van der Waals surface area contributed by atoms with Crippen molar-refractivity contribution in [2.24, 2.45) is 5.92 Å². The van der Waals surface area contributed by atoms with Gasteiger partial charge in [0.2, 0.25) is 5.92 Å². The number of ketones is 1. The van der Waals surface area contributed by atoms with Crippen molar-refractivity contribution in [2.75, 3.05) is 0 Å². The third-order valence-corrected chi connectivity index (χ3v) is 3.90. The second-order valence-electron chi connectivity index (χ2n) is 5.76. The topological polar surface area (TPSA) is 17.1 Å². The SMILES string of the molecule is Cc1ccc(C(=O)CC2CCCC(F)(F)C2)c(C)c1. The summed E-state index contributed by atoms with van der Waals surface area (Å²) >= 11 is 0. The van der Waals surface area contributed by atoms with Crippen LogP contribution < -0.4 is 0 Å². The molecule has 0 saturated heterocycles. The molecule has 0 bridgehead atoms. The predicted octanol–water partition coefficient (Wildman–Crippen LogP) is 4.70. The molecule has 1 aliphatic rings. The summed E-state index contributed by atoms with van der Waals surface area (Å²) in [6.07, 6.45) is 1.36. The van der Waals surface area contributed by atoms with Crippen LogP contribution in [-0.4, -0.2) is 11.7 Å². The maximum absolute atomic E-state index is 13.3. The van der Waals surface area contributed by atoms with Crippen LogP contribution in [0.3, 0.4) is 0 Å². The zero-order valence-corrected chi connectivity index (χ0v) is 11.5. The molecule has 2 rings (SSSR count). The van der Waals surface area contributed by atoms with Crippen molar-refractivity contribution in [1.82, 2.24) is 0 Å². The van der Waals surface area contributed by atoms with Gasteiger partial charge in [-0.3, -0.25) is 4.79 Å². The number of hydrogen-bond donors (Lipinski definition) is 0. The smallest absolute Gasteiger partial charge is 0.248 e. The molecule has 1 unspecified atom stereocenters. The molecule has 1 atom stereocenters. The lowest BCUT2D eigenvalue weighted by Crippen LogP contribution is -2.27. The van der Waals surface area contributed by atoms with Crippen molar-refractivity contribution in [2.45, 2.75) is 51.9 Å². The van der Waals surface area contributed by atoms with Crippen LogP contribution in [0.2, 0.25) is 0 Å². The Morgan fingerprint density at radius 3 is 2.74 bits per heavy atom. The molecule has 1 fully saturated rings. The third kappa shape index (κ3) is 3.62. The lowest BCUT2D eigenvalue weighted by atomic mass is 9.82. The molecule has 3 heteroatoms. The maximum Gasteiger partial charge on any atom is 0.248 e. The van der Waals surface area contributed by atoms with E-state index in [9.17, 15) is 13.6 Å². The summed E-state index contributed by atoms with van der Waals surface area (Å²) < 4.78 is 26.7. The Hall–Kier alpha value is -1.25. The lowest BCUT2D eigenvalue weighted by molar-refractivity contribution is -0.0521. The summed E-state index contributed by atoms with van der Waals surface area (Å²) in [5.74, 6) is -2.75. The molecule has 0 aromatic heterocycles. The van der Waals surface area contributed by atoms with Crippen LogP contribution in [0.15, 0.2) is 18.2 Å². The zero-order chi connectivity index (χ0) is 14.0. The molecule has 1 aromatic carbocycles. The van der Waals surface area contributed by atoms with Gasteiger partial charge in [0.25, 0.3) is 0 Å². The summed E-state index contributed by atoms with van der Waals surface area (Å²) in [5, 5.41) is 0. The first-order chi connectivity index (χ1) is 8.87. The van der Waals surface area contributed by atoms with E-state index in [1.807, 2.05) is 32.0 Å². The Morgan fingerprint density at radius 2 is 2.11 bits per heavy atom. The molecule has 1 aliphatic carbocycles. The van der Waals surface area contributed by atoms with Gasteiger partial charge in [0.05, 0.1) is 0 Å². The first kappa shape index (κ1) is 14.2. The van der Waals surface area contributed by atoms with Gasteiger partial charge >= 0.3 is 0 Å². The van der Waals surface area contributed by atoms with Gasteiger partial charge in [-0.1, -0.05) is 23.8 Å². The molecule has 0 amide bonds. The average Bonchev–Trinajstić information content (AvgIpc) is 2.27. The summed E-state index contributed by atoms with van der Waals surface area (Å²) in [4.78, 5) is 12.2. The highest BCUT2D eigenvalue weighted by molar-refractivity contribution is 5.97. The lowest BCUT2D eigenvalue weighted by Gasteiger charge is -2.28.